The minimum Gasteiger partial charge on any atom is -0.466 e. The van der Waals surface area contributed by atoms with Crippen LogP contribution in [0.25, 0.3) is 22.3 Å². The SMILES string of the molecule is CCOC(=O)CCc1cccc(C2(C)CCCC3(CC3)CSCCc3c(c(F)cc4[nH]ccc34)Oc3ccc(F)c(c3)-c3nc2nn3C)c1. The first-order valence-corrected chi connectivity index (χ1v) is 18.3. The Morgan fingerprint density at radius 3 is 2.76 bits per heavy atom. The van der Waals surface area contributed by atoms with E-state index in [9.17, 15) is 4.79 Å². The van der Waals surface area contributed by atoms with Gasteiger partial charge in [-0.05, 0) is 105 Å². The summed E-state index contributed by atoms with van der Waals surface area (Å²) in [6.45, 7) is 4.34. The third kappa shape index (κ3) is 6.84. The molecule has 1 spiro atoms. The summed E-state index contributed by atoms with van der Waals surface area (Å²) in [6, 6.07) is 16.2. The van der Waals surface area contributed by atoms with E-state index in [-0.39, 0.29) is 17.3 Å². The van der Waals surface area contributed by atoms with E-state index in [4.69, 9.17) is 19.6 Å². The molecule has 7 nitrogen and oxygen atoms in total. The highest BCUT2D eigenvalue weighted by atomic mass is 32.2. The molecule has 1 aliphatic carbocycles. The third-order valence-electron chi connectivity index (χ3n) is 10.3. The lowest BCUT2D eigenvalue weighted by atomic mass is 9.76. The van der Waals surface area contributed by atoms with Gasteiger partial charge < -0.3 is 14.5 Å². The number of H-pyrrole nitrogens is 1. The monoisotopic (exact) mass is 684 g/mol. The maximum atomic E-state index is 15.7. The number of halogens is 2. The Labute approximate surface area is 289 Å². The van der Waals surface area contributed by atoms with Gasteiger partial charge in [0.2, 0.25) is 0 Å². The van der Waals surface area contributed by atoms with Crippen LogP contribution in [0.3, 0.4) is 0 Å². The van der Waals surface area contributed by atoms with Crippen molar-refractivity contribution in [3.8, 4) is 22.9 Å². The first-order chi connectivity index (χ1) is 23.7. The number of aromatic nitrogens is 4. The van der Waals surface area contributed by atoms with Crippen molar-refractivity contribution < 1.29 is 23.0 Å². The zero-order valence-corrected chi connectivity index (χ0v) is 29.1. The molecule has 1 fully saturated rings. The number of aromatic amines is 1. The molecule has 0 saturated heterocycles. The standard InChI is InChI=1S/C39H42F2N4O3S/c1-4-47-34(46)12-9-25-7-5-8-26(21-25)38(2)15-6-16-39(17-18-39)24-49-20-14-29-28-13-19-42-33(28)23-32(41)35(29)48-27-10-11-31(40)30(22-27)36-43-37(38)44-45(36)3/h5,7-8,10-11,13,19,21-23,42H,4,6,9,12,14-18,20,24H2,1-3H3. The van der Waals surface area contributed by atoms with Crippen molar-refractivity contribution in [2.45, 2.75) is 70.6 Å². The summed E-state index contributed by atoms with van der Waals surface area (Å²) in [7, 11) is 1.77. The topological polar surface area (TPSA) is 82.0 Å². The fourth-order valence-electron chi connectivity index (χ4n) is 7.15. The van der Waals surface area contributed by atoms with E-state index in [1.54, 1.807) is 17.8 Å². The normalized spacial score (nSPS) is 19.1. The van der Waals surface area contributed by atoms with Crippen LogP contribution in [0.4, 0.5) is 8.78 Å². The fraction of sp³-hybridized carbons (Fsp3) is 0.410. The van der Waals surface area contributed by atoms with Crippen LogP contribution in [0.5, 0.6) is 11.5 Å². The van der Waals surface area contributed by atoms with E-state index < -0.39 is 17.0 Å². The van der Waals surface area contributed by atoms with Gasteiger partial charge in [-0.3, -0.25) is 4.79 Å². The van der Waals surface area contributed by atoms with E-state index in [2.05, 4.69) is 24.0 Å². The van der Waals surface area contributed by atoms with Gasteiger partial charge in [-0.1, -0.05) is 30.7 Å². The second kappa shape index (κ2) is 13.6. The second-order valence-electron chi connectivity index (χ2n) is 13.7. The van der Waals surface area contributed by atoms with Crippen molar-refractivity contribution in [1.82, 2.24) is 19.7 Å². The molecule has 2 aromatic heterocycles. The lowest BCUT2D eigenvalue weighted by molar-refractivity contribution is -0.143. The van der Waals surface area contributed by atoms with Crippen molar-refractivity contribution in [2.24, 2.45) is 12.5 Å². The number of hydrogen-bond acceptors (Lipinski definition) is 6. The molecule has 3 aromatic carbocycles. The number of nitrogens with one attached hydrogen (secondary N) is 1. The molecule has 49 heavy (non-hydrogen) atoms. The molecule has 10 heteroatoms. The molecular weight excluding hydrogens is 643 g/mol. The number of ether oxygens (including phenoxy) is 2. The number of aryl methyl sites for hydroxylation is 3. The van der Waals surface area contributed by atoms with Crippen molar-refractivity contribution in [3.63, 3.8) is 0 Å². The summed E-state index contributed by atoms with van der Waals surface area (Å²) in [5.74, 6) is 2.20. The Hall–Kier alpha value is -4.18. The Morgan fingerprint density at radius 1 is 1.08 bits per heavy atom. The summed E-state index contributed by atoms with van der Waals surface area (Å²) in [4.78, 5) is 20.3. The van der Waals surface area contributed by atoms with E-state index in [0.717, 1.165) is 58.4 Å². The average molecular weight is 685 g/mol. The molecule has 1 saturated carbocycles. The van der Waals surface area contributed by atoms with Crippen LogP contribution < -0.4 is 4.74 Å². The van der Waals surface area contributed by atoms with E-state index in [1.807, 2.05) is 43.1 Å². The van der Waals surface area contributed by atoms with Gasteiger partial charge in [0.05, 0.1) is 17.6 Å². The number of esters is 1. The van der Waals surface area contributed by atoms with Gasteiger partial charge in [0.25, 0.3) is 0 Å². The highest BCUT2D eigenvalue weighted by molar-refractivity contribution is 7.99. The molecule has 3 heterocycles. The average Bonchev–Trinajstić information content (AvgIpc) is 3.49. The molecule has 5 aromatic rings. The van der Waals surface area contributed by atoms with Gasteiger partial charge in [-0.2, -0.15) is 16.9 Å². The minimum absolute atomic E-state index is 0.168. The Kier molecular flexibility index (Phi) is 9.26. The second-order valence-corrected chi connectivity index (χ2v) is 14.8. The molecule has 0 amide bonds. The summed E-state index contributed by atoms with van der Waals surface area (Å²) in [6.07, 6.45) is 8.63. The van der Waals surface area contributed by atoms with Crippen molar-refractivity contribution >= 4 is 28.6 Å². The van der Waals surface area contributed by atoms with Crippen LogP contribution >= 0.6 is 11.8 Å². The number of rotatable bonds is 5. The maximum Gasteiger partial charge on any atom is 0.306 e. The molecule has 2 aliphatic rings. The number of hydrogen-bond donors (Lipinski definition) is 1. The van der Waals surface area contributed by atoms with Crippen LogP contribution in [0, 0.1) is 17.0 Å². The largest absolute Gasteiger partial charge is 0.466 e. The van der Waals surface area contributed by atoms with Crippen LogP contribution in [-0.4, -0.2) is 43.8 Å². The Bertz CT molecular complexity index is 2000. The number of benzene rings is 3. The summed E-state index contributed by atoms with van der Waals surface area (Å²) < 4.78 is 44.3. The minimum atomic E-state index is -0.570. The van der Waals surface area contributed by atoms with Gasteiger partial charge in [0.1, 0.15) is 11.6 Å². The zero-order chi connectivity index (χ0) is 34.2. The molecule has 4 bridgehead atoms. The fourth-order valence-corrected chi connectivity index (χ4v) is 8.51. The van der Waals surface area contributed by atoms with Gasteiger partial charge in [-0.25, -0.2) is 18.4 Å². The van der Waals surface area contributed by atoms with Crippen molar-refractivity contribution in [3.05, 3.63) is 94.9 Å². The van der Waals surface area contributed by atoms with Crippen molar-refractivity contribution in [2.75, 3.05) is 18.1 Å². The van der Waals surface area contributed by atoms with Crippen LogP contribution in [0.1, 0.15) is 74.9 Å². The molecule has 0 radical (unpaired) electrons. The third-order valence-corrected chi connectivity index (χ3v) is 11.6. The molecule has 256 valence electrons. The van der Waals surface area contributed by atoms with E-state index in [0.29, 0.717) is 48.7 Å². The van der Waals surface area contributed by atoms with Crippen LogP contribution in [0.15, 0.2) is 60.8 Å². The smallest absolute Gasteiger partial charge is 0.306 e. The Morgan fingerprint density at radius 2 is 1.94 bits per heavy atom. The number of carbonyl (C=O) groups is 1. The van der Waals surface area contributed by atoms with E-state index >= 15 is 8.78 Å². The predicted octanol–water partition coefficient (Wildman–Crippen LogP) is 9.08. The first-order valence-electron chi connectivity index (χ1n) is 17.2. The van der Waals surface area contributed by atoms with E-state index in [1.165, 1.54) is 31.0 Å². The molecule has 7 rings (SSSR count). The van der Waals surface area contributed by atoms with Gasteiger partial charge in [0.15, 0.2) is 23.2 Å². The molecule has 1 unspecified atom stereocenters. The highest BCUT2D eigenvalue weighted by Gasteiger charge is 2.43. The number of carbonyl (C=O) groups excluding carboxylic acids is 1. The molecule has 1 N–H and O–H groups in total. The van der Waals surface area contributed by atoms with Gasteiger partial charge in [-0.15, -0.1) is 0 Å². The lowest BCUT2D eigenvalue weighted by Gasteiger charge is -2.29. The first kappa shape index (κ1) is 33.3. The summed E-state index contributed by atoms with van der Waals surface area (Å²) in [5.41, 5.74) is 3.58. The zero-order valence-electron chi connectivity index (χ0n) is 28.3. The van der Waals surface area contributed by atoms with Crippen LogP contribution in [-0.2, 0) is 34.8 Å². The summed E-state index contributed by atoms with van der Waals surface area (Å²) in [5, 5.41) is 5.84. The van der Waals surface area contributed by atoms with Crippen LogP contribution in [0.2, 0.25) is 0 Å². The highest BCUT2D eigenvalue weighted by Crippen LogP contribution is 2.53. The van der Waals surface area contributed by atoms with Gasteiger partial charge in [0, 0.05) is 42.2 Å². The van der Waals surface area contributed by atoms with Crippen molar-refractivity contribution in [1.29, 1.82) is 0 Å². The van der Waals surface area contributed by atoms with Gasteiger partial charge >= 0.3 is 5.97 Å². The quantitative estimate of drug-likeness (QED) is 0.186. The molecular formula is C39H42F2N4O3S. The number of fused-ring (bicyclic) bond motifs is 8. The maximum absolute atomic E-state index is 15.7. The number of nitrogens with zero attached hydrogens (tertiary/aromatic N) is 3. The lowest BCUT2D eigenvalue weighted by Crippen LogP contribution is -2.26. The predicted molar refractivity (Wildman–Crippen MR) is 189 cm³/mol. The molecule has 1 aliphatic heterocycles. The Balaban J connectivity index is 1.29. The summed E-state index contributed by atoms with van der Waals surface area (Å²) >= 11 is 1.92. The molecule has 1 atom stereocenters. The number of thioether (sulfide) groups is 1.